The smallest absolute Gasteiger partial charge is 0.0452 e. The Morgan fingerprint density at radius 3 is 2.64 bits per heavy atom. The molecule has 1 aliphatic rings. The van der Waals surface area contributed by atoms with Crippen LogP contribution in [-0.4, -0.2) is 24.5 Å². The molecule has 0 unspecified atom stereocenters. The molecule has 0 aromatic heterocycles. The van der Waals surface area contributed by atoms with Crippen LogP contribution in [0.25, 0.3) is 0 Å². The van der Waals surface area contributed by atoms with Crippen molar-refractivity contribution in [3.05, 3.63) is 35.9 Å². The minimum absolute atomic E-state index is 0.170. The van der Waals surface area contributed by atoms with E-state index in [2.05, 4.69) is 36.2 Å². The molecule has 0 saturated carbocycles. The van der Waals surface area contributed by atoms with E-state index in [0.717, 1.165) is 0 Å². The van der Waals surface area contributed by atoms with Crippen LogP contribution >= 0.6 is 0 Å². The summed E-state index contributed by atoms with van der Waals surface area (Å²) in [4.78, 5) is 2.37. The average molecular weight is 190 g/mol. The number of hydrogen-bond donors (Lipinski definition) is 1. The molecule has 1 fully saturated rings. The van der Waals surface area contributed by atoms with Crippen LogP contribution in [0.1, 0.15) is 24.4 Å². The molecule has 0 amide bonds. The van der Waals surface area contributed by atoms with Gasteiger partial charge in [0.15, 0.2) is 0 Å². The van der Waals surface area contributed by atoms with Crippen LogP contribution in [0.2, 0.25) is 0 Å². The largest absolute Gasteiger partial charge is 0.323 e. The lowest BCUT2D eigenvalue weighted by Gasteiger charge is -2.26. The molecule has 1 aromatic rings. The first-order valence-corrected chi connectivity index (χ1v) is 5.30. The van der Waals surface area contributed by atoms with Crippen LogP contribution in [0.4, 0.5) is 0 Å². The number of nitrogens with two attached hydrogens (primary N) is 1. The summed E-state index contributed by atoms with van der Waals surface area (Å²) in [6.45, 7) is 1.19. The van der Waals surface area contributed by atoms with E-state index >= 15 is 0 Å². The van der Waals surface area contributed by atoms with Gasteiger partial charge >= 0.3 is 0 Å². The van der Waals surface area contributed by atoms with E-state index in [4.69, 9.17) is 5.73 Å². The number of benzene rings is 1. The maximum atomic E-state index is 6.25. The van der Waals surface area contributed by atoms with Gasteiger partial charge in [-0.2, -0.15) is 0 Å². The molecule has 0 radical (unpaired) electrons. The zero-order chi connectivity index (χ0) is 9.97. The quantitative estimate of drug-likeness (QED) is 0.770. The molecule has 1 aliphatic heterocycles. The third-order valence-corrected chi connectivity index (χ3v) is 3.18. The Labute approximate surface area is 85.7 Å². The summed E-state index contributed by atoms with van der Waals surface area (Å²) in [5, 5.41) is 0. The number of nitrogens with zero attached hydrogens (tertiary/aromatic N) is 1. The molecule has 0 spiro atoms. The van der Waals surface area contributed by atoms with E-state index in [0.29, 0.717) is 6.04 Å². The monoisotopic (exact) mass is 190 g/mol. The van der Waals surface area contributed by atoms with Gasteiger partial charge in [-0.05, 0) is 32.0 Å². The topological polar surface area (TPSA) is 29.3 Å². The molecule has 0 bridgehead atoms. The summed E-state index contributed by atoms with van der Waals surface area (Å²) in [5.74, 6) is 0. The minimum Gasteiger partial charge on any atom is -0.323 e. The van der Waals surface area contributed by atoms with E-state index in [9.17, 15) is 0 Å². The van der Waals surface area contributed by atoms with Gasteiger partial charge in [0.1, 0.15) is 0 Å². The van der Waals surface area contributed by atoms with Crippen molar-refractivity contribution in [3.63, 3.8) is 0 Å². The lowest BCUT2D eigenvalue weighted by Crippen LogP contribution is -2.35. The summed E-state index contributed by atoms with van der Waals surface area (Å²) in [6.07, 6.45) is 2.51. The normalized spacial score (nSPS) is 25.1. The minimum atomic E-state index is 0.170. The van der Waals surface area contributed by atoms with Crippen LogP contribution in [-0.2, 0) is 0 Å². The molecule has 2 rings (SSSR count). The summed E-state index contributed by atoms with van der Waals surface area (Å²) < 4.78 is 0. The zero-order valence-corrected chi connectivity index (χ0v) is 8.69. The highest BCUT2D eigenvalue weighted by Gasteiger charge is 2.27. The summed E-state index contributed by atoms with van der Waals surface area (Å²) in [6, 6.07) is 11.1. The second-order valence-electron chi connectivity index (χ2n) is 4.13. The molecule has 0 aliphatic carbocycles. The predicted molar refractivity (Wildman–Crippen MR) is 59.0 cm³/mol. The molecule has 2 nitrogen and oxygen atoms in total. The molecule has 1 aromatic carbocycles. The first-order valence-electron chi connectivity index (χ1n) is 5.30. The SMILES string of the molecule is CN1CCC[C@H]1[C@H](N)c1ccccc1. The van der Waals surface area contributed by atoms with Gasteiger partial charge in [0.25, 0.3) is 0 Å². The molecule has 1 saturated heterocycles. The molecule has 2 heteroatoms. The summed E-state index contributed by atoms with van der Waals surface area (Å²) in [5.41, 5.74) is 7.50. The molecular weight excluding hydrogens is 172 g/mol. The molecule has 14 heavy (non-hydrogen) atoms. The van der Waals surface area contributed by atoms with E-state index in [1.165, 1.54) is 24.9 Å². The standard InChI is InChI=1S/C12H18N2/c1-14-9-5-8-11(14)12(13)10-6-3-2-4-7-10/h2-4,6-7,11-12H,5,8-9,13H2,1H3/t11-,12+/m0/s1. The Bertz CT molecular complexity index is 284. The highest BCUT2D eigenvalue weighted by molar-refractivity contribution is 5.20. The summed E-state index contributed by atoms with van der Waals surface area (Å²) >= 11 is 0. The van der Waals surface area contributed by atoms with Gasteiger partial charge in [-0.3, -0.25) is 0 Å². The lowest BCUT2D eigenvalue weighted by atomic mass is 9.99. The second-order valence-corrected chi connectivity index (χ2v) is 4.13. The van der Waals surface area contributed by atoms with Crippen molar-refractivity contribution in [3.8, 4) is 0 Å². The van der Waals surface area contributed by atoms with Gasteiger partial charge in [-0.1, -0.05) is 30.3 Å². The molecule has 2 atom stereocenters. The Morgan fingerprint density at radius 2 is 2.07 bits per heavy atom. The van der Waals surface area contributed by atoms with Gasteiger partial charge in [-0.25, -0.2) is 0 Å². The van der Waals surface area contributed by atoms with E-state index in [-0.39, 0.29) is 6.04 Å². The second kappa shape index (κ2) is 4.11. The fourth-order valence-electron chi connectivity index (χ4n) is 2.29. The van der Waals surface area contributed by atoms with Crippen molar-refractivity contribution < 1.29 is 0 Å². The maximum Gasteiger partial charge on any atom is 0.0452 e. The third kappa shape index (κ3) is 1.81. The highest BCUT2D eigenvalue weighted by atomic mass is 15.2. The summed E-state index contributed by atoms with van der Waals surface area (Å²) in [7, 11) is 2.17. The predicted octanol–water partition coefficient (Wildman–Crippen LogP) is 1.78. The number of hydrogen-bond acceptors (Lipinski definition) is 2. The van der Waals surface area contributed by atoms with Crippen LogP contribution in [0.15, 0.2) is 30.3 Å². The van der Waals surface area contributed by atoms with E-state index in [1.54, 1.807) is 0 Å². The van der Waals surface area contributed by atoms with Gasteiger partial charge in [0.05, 0.1) is 0 Å². The molecule has 1 heterocycles. The van der Waals surface area contributed by atoms with Crippen molar-refractivity contribution in [1.82, 2.24) is 4.90 Å². The Hall–Kier alpha value is -0.860. The zero-order valence-electron chi connectivity index (χ0n) is 8.69. The van der Waals surface area contributed by atoms with Crippen molar-refractivity contribution in [1.29, 1.82) is 0 Å². The van der Waals surface area contributed by atoms with Crippen LogP contribution in [0.3, 0.4) is 0 Å². The van der Waals surface area contributed by atoms with Crippen LogP contribution in [0.5, 0.6) is 0 Å². The Kier molecular flexibility index (Phi) is 2.85. The Morgan fingerprint density at radius 1 is 1.36 bits per heavy atom. The lowest BCUT2D eigenvalue weighted by molar-refractivity contribution is 0.273. The van der Waals surface area contributed by atoms with E-state index < -0.39 is 0 Å². The van der Waals surface area contributed by atoms with Crippen LogP contribution < -0.4 is 5.73 Å². The Balaban J connectivity index is 2.12. The average Bonchev–Trinajstić information content (AvgIpc) is 2.65. The van der Waals surface area contributed by atoms with Crippen molar-refractivity contribution >= 4 is 0 Å². The maximum absolute atomic E-state index is 6.25. The van der Waals surface area contributed by atoms with Gasteiger partial charge < -0.3 is 10.6 Å². The first-order chi connectivity index (χ1) is 6.79. The fourth-order valence-corrected chi connectivity index (χ4v) is 2.29. The number of likely N-dealkylation sites (N-methyl/N-ethyl adjacent to an activating group) is 1. The highest BCUT2D eigenvalue weighted by Crippen LogP contribution is 2.25. The van der Waals surface area contributed by atoms with Crippen LogP contribution in [0, 0.1) is 0 Å². The van der Waals surface area contributed by atoms with E-state index in [1.807, 2.05) is 6.07 Å². The van der Waals surface area contributed by atoms with Gasteiger partial charge in [0, 0.05) is 12.1 Å². The molecule has 2 N–H and O–H groups in total. The first kappa shape index (κ1) is 9.69. The fraction of sp³-hybridized carbons (Fsp3) is 0.500. The van der Waals surface area contributed by atoms with Crippen molar-refractivity contribution in [2.24, 2.45) is 5.73 Å². The van der Waals surface area contributed by atoms with Gasteiger partial charge in [-0.15, -0.1) is 0 Å². The van der Waals surface area contributed by atoms with Crippen molar-refractivity contribution in [2.75, 3.05) is 13.6 Å². The molecule has 76 valence electrons. The number of likely N-dealkylation sites (tertiary alicyclic amines) is 1. The third-order valence-electron chi connectivity index (χ3n) is 3.18. The van der Waals surface area contributed by atoms with Gasteiger partial charge in [0.2, 0.25) is 0 Å². The number of rotatable bonds is 2. The van der Waals surface area contributed by atoms with Crippen molar-refractivity contribution in [2.45, 2.75) is 24.9 Å². The molecular formula is C12H18N2.